The largest absolute Gasteiger partial charge is 0.406 e. The van der Waals surface area contributed by atoms with Crippen LogP contribution in [0.4, 0.5) is 18.9 Å². The molecule has 1 heterocycles. The van der Waals surface area contributed by atoms with Crippen molar-refractivity contribution in [3.8, 4) is 0 Å². The molecule has 1 aromatic rings. The van der Waals surface area contributed by atoms with E-state index in [1.165, 1.54) is 12.1 Å². The predicted octanol–water partition coefficient (Wildman–Crippen LogP) is 2.11. The summed E-state index contributed by atoms with van der Waals surface area (Å²) >= 11 is 0. The van der Waals surface area contributed by atoms with Crippen LogP contribution in [0.15, 0.2) is 18.2 Å². The average molecular weight is 260 g/mol. The summed E-state index contributed by atoms with van der Waals surface area (Å²) in [5.41, 5.74) is 0.0271. The second kappa shape index (κ2) is 3.97. The number of fused-ring (bicyclic) bond motifs is 1. The number of benzene rings is 1. The lowest BCUT2D eigenvalue weighted by atomic mass is 10.1. The Hall–Kier alpha value is -2.12. The smallest absolute Gasteiger partial charge is 0.325 e. The Labute approximate surface area is 99.0 Å². The van der Waals surface area contributed by atoms with Crippen molar-refractivity contribution in [3.63, 3.8) is 0 Å². The summed E-state index contributed by atoms with van der Waals surface area (Å²) in [5.74, 6) is -0.828. The SMILES string of the molecule is O=C1c2cc([N+](=O)[O-])ccc2CN1CC(F)(F)F. The van der Waals surface area contributed by atoms with E-state index < -0.39 is 23.6 Å². The third-order valence-corrected chi connectivity index (χ3v) is 2.55. The van der Waals surface area contributed by atoms with Crippen LogP contribution in [0.1, 0.15) is 15.9 Å². The fourth-order valence-corrected chi connectivity index (χ4v) is 1.81. The average Bonchev–Trinajstić information content (AvgIpc) is 2.53. The van der Waals surface area contributed by atoms with Crippen molar-refractivity contribution in [3.05, 3.63) is 39.4 Å². The Kier molecular flexibility index (Phi) is 2.72. The number of halogens is 3. The molecule has 8 heteroatoms. The van der Waals surface area contributed by atoms with Crippen molar-refractivity contribution < 1.29 is 22.9 Å². The minimum absolute atomic E-state index is 0.0338. The van der Waals surface area contributed by atoms with Crippen molar-refractivity contribution in [1.82, 2.24) is 4.90 Å². The highest BCUT2D eigenvalue weighted by atomic mass is 19.4. The minimum atomic E-state index is -4.48. The Morgan fingerprint density at radius 1 is 1.39 bits per heavy atom. The molecule has 0 fully saturated rings. The molecule has 96 valence electrons. The normalized spacial score (nSPS) is 14.8. The summed E-state index contributed by atoms with van der Waals surface area (Å²) < 4.78 is 36.6. The minimum Gasteiger partial charge on any atom is -0.325 e. The van der Waals surface area contributed by atoms with E-state index in [2.05, 4.69) is 0 Å². The number of carbonyl (C=O) groups is 1. The second-order valence-corrected chi connectivity index (χ2v) is 3.87. The molecule has 0 spiro atoms. The van der Waals surface area contributed by atoms with E-state index in [0.29, 0.717) is 10.5 Å². The lowest BCUT2D eigenvalue weighted by Gasteiger charge is -2.17. The standard InChI is InChI=1S/C10H7F3N2O3/c11-10(12,13)5-14-4-6-1-2-7(15(17)18)3-8(6)9(14)16/h1-3H,4-5H2. The van der Waals surface area contributed by atoms with Gasteiger partial charge in [-0.2, -0.15) is 13.2 Å². The van der Waals surface area contributed by atoms with E-state index in [1.54, 1.807) is 0 Å². The van der Waals surface area contributed by atoms with Crippen molar-refractivity contribution in [1.29, 1.82) is 0 Å². The zero-order valence-electron chi connectivity index (χ0n) is 8.90. The topological polar surface area (TPSA) is 63.4 Å². The maximum absolute atomic E-state index is 12.2. The Balaban J connectivity index is 2.28. The molecular formula is C10H7F3N2O3. The fraction of sp³-hybridized carbons (Fsp3) is 0.300. The Morgan fingerprint density at radius 2 is 2.06 bits per heavy atom. The van der Waals surface area contributed by atoms with Crippen LogP contribution in [0.2, 0.25) is 0 Å². The van der Waals surface area contributed by atoms with Crippen molar-refractivity contribution in [2.45, 2.75) is 12.7 Å². The van der Waals surface area contributed by atoms with Crippen LogP contribution in [0, 0.1) is 10.1 Å². The molecule has 0 aliphatic carbocycles. The number of hydrogen-bond donors (Lipinski definition) is 0. The van der Waals surface area contributed by atoms with Gasteiger partial charge >= 0.3 is 6.18 Å². The second-order valence-electron chi connectivity index (χ2n) is 3.87. The molecule has 0 saturated heterocycles. The van der Waals surface area contributed by atoms with Crippen LogP contribution in [-0.2, 0) is 6.54 Å². The summed E-state index contributed by atoms with van der Waals surface area (Å²) in [6.45, 7) is -1.53. The summed E-state index contributed by atoms with van der Waals surface area (Å²) in [7, 11) is 0. The van der Waals surface area contributed by atoms with Gasteiger partial charge in [0, 0.05) is 18.7 Å². The van der Waals surface area contributed by atoms with E-state index >= 15 is 0 Å². The van der Waals surface area contributed by atoms with Gasteiger partial charge in [-0.15, -0.1) is 0 Å². The summed E-state index contributed by atoms with van der Waals surface area (Å²) in [4.78, 5) is 22.1. The molecule has 5 nitrogen and oxygen atoms in total. The molecule has 0 unspecified atom stereocenters. The highest BCUT2D eigenvalue weighted by molar-refractivity contribution is 5.99. The summed E-state index contributed by atoms with van der Waals surface area (Å²) in [6, 6.07) is 3.49. The molecule has 0 aromatic heterocycles. The Morgan fingerprint density at radius 3 is 2.61 bits per heavy atom. The number of nitrogens with zero attached hydrogens (tertiary/aromatic N) is 2. The van der Waals surface area contributed by atoms with Gasteiger partial charge in [-0.05, 0) is 11.6 Å². The van der Waals surface area contributed by atoms with Gasteiger partial charge in [0.25, 0.3) is 11.6 Å². The van der Waals surface area contributed by atoms with Crippen LogP contribution in [0.3, 0.4) is 0 Å². The molecule has 0 saturated carbocycles. The molecule has 0 atom stereocenters. The van der Waals surface area contributed by atoms with Crippen LogP contribution in [-0.4, -0.2) is 28.5 Å². The van der Waals surface area contributed by atoms with Gasteiger partial charge in [0.2, 0.25) is 0 Å². The first kappa shape index (κ1) is 12.3. The first-order valence-corrected chi connectivity index (χ1v) is 4.91. The number of nitro benzene ring substituents is 1. The van der Waals surface area contributed by atoms with Crippen LogP contribution >= 0.6 is 0 Å². The predicted molar refractivity (Wildman–Crippen MR) is 53.9 cm³/mol. The number of amides is 1. The first-order valence-electron chi connectivity index (χ1n) is 4.91. The van der Waals surface area contributed by atoms with Gasteiger partial charge < -0.3 is 4.90 Å². The van der Waals surface area contributed by atoms with E-state index in [0.717, 1.165) is 6.07 Å². The molecule has 2 rings (SSSR count). The van der Waals surface area contributed by atoms with Gasteiger partial charge in [0.15, 0.2) is 0 Å². The first-order chi connectivity index (χ1) is 8.28. The van der Waals surface area contributed by atoms with Gasteiger partial charge in [0.1, 0.15) is 6.54 Å². The number of carbonyl (C=O) groups excluding carboxylic acids is 1. The van der Waals surface area contributed by atoms with Crippen LogP contribution < -0.4 is 0 Å². The number of nitro groups is 1. The van der Waals surface area contributed by atoms with E-state index in [1.807, 2.05) is 0 Å². The summed E-state index contributed by atoms with van der Waals surface area (Å²) in [6.07, 6.45) is -4.48. The van der Waals surface area contributed by atoms with E-state index in [-0.39, 0.29) is 17.8 Å². The maximum Gasteiger partial charge on any atom is 0.406 e. The number of hydrogen-bond acceptors (Lipinski definition) is 3. The van der Waals surface area contributed by atoms with Crippen LogP contribution in [0.25, 0.3) is 0 Å². The van der Waals surface area contributed by atoms with Gasteiger partial charge in [-0.25, -0.2) is 0 Å². The number of rotatable bonds is 2. The monoisotopic (exact) mass is 260 g/mol. The zero-order valence-corrected chi connectivity index (χ0v) is 8.90. The number of non-ortho nitro benzene ring substituents is 1. The van der Waals surface area contributed by atoms with Crippen molar-refractivity contribution >= 4 is 11.6 Å². The molecule has 1 aromatic carbocycles. The van der Waals surface area contributed by atoms with Gasteiger partial charge in [-0.1, -0.05) is 0 Å². The van der Waals surface area contributed by atoms with E-state index in [4.69, 9.17) is 0 Å². The van der Waals surface area contributed by atoms with Crippen molar-refractivity contribution in [2.24, 2.45) is 0 Å². The van der Waals surface area contributed by atoms with Gasteiger partial charge in [0.05, 0.1) is 10.5 Å². The third kappa shape index (κ3) is 2.27. The highest BCUT2D eigenvalue weighted by Gasteiger charge is 2.37. The quantitative estimate of drug-likeness (QED) is 0.604. The molecule has 1 aliphatic heterocycles. The van der Waals surface area contributed by atoms with Crippen LogP contribution in [0.5, 0.6) is 0 Å². The van der Waals surface area contributed by atoms with Crippen molar-refractivity contribution in [2.75, 3.05) is 6.54 Å². The Bertz CT molecular complexity index is 528. The molecule has 18 heavy (non-hydrogen) atoms. The number of alkyl halides is 3. The lowest BCUT2D eigenvalue weighted by Crippen LogP contribution is -2.34. The third-order valence-electron chi connectivity index (χ3n) is 2.55. The maximum atomic E-state index is 12.2. The molecule has 1 aliphatic rings. The van der Waals surface area contributed by atoms with E-state index in [9.17, 15) is 28.1 Å². The molecule has 0 N–H and O–H groups in total. The molecular weight excluding hydrogens is 253 g/mol. The molecule has 0 radical (unpaired) electrons. The summed E-state index contributed by atoms with van der Waals surface area (Å²) in [5, 5.41) is 10.5. The molecule has 0 bridgehead atoms. The van der Waals surface area contributed by atoms with Gasteiger partial charge in [-0.3, -0.25) is 14.9 Å². The fourth-order valence-electron chi connectivity index (χ4n) is 1.81. The zero-order chi connectivity index (χ0) is 13.5. The lowest BCUT2D eigenvalue weighted by molar-refractivity contribution is -0.384. The molecule has 1 amide bonds. The highest BCUT2D eigenvalue weighted by Crippen LogP contribution is 2.29.